The summed E-state index contributed by atoms with van der Waals surface area (Å²) in [6.45, 7) is 3.05. The summed E-state index contributed by atoms with van der Waals surface area (Å²) in [4.78, 5) is 15.5. The largest absolute Gasteiger partial charge is 0.374 e. The number of carbonyl (C=O) groups is 1. The molecule has 152 valence electrons. The maximum absolute atomic E-state index is 12.0. The van der Waals surface area contributed by atoms with Crippen molar-refractivity contribution in [2.75, 3.05) is 45.6 Å². The Labute approximate surface area is 169 Å². The van der Waals surface area contributed by atoms with E-state index in [0.29, 0.717) is 36.3 Å². The van der Waals surface area contributed by atoms with E-state index in [1.165, 1.54) is 11.9 Å². The van der Waals surface area contributed by atoms with Crippen molar-refractivity contribution in [3.05, 3.63) is 33.8 Å². The highest BCUT2D eigenvalue weighted by Crippen LogP contribution is 2.23. The van der Waals surface area contributed by atoms with Crippen LogP contribution in [0.2, 0.25) is 10.0 Å². The number of nitrogens with two attached hydrogens (primary N) is 1. The van der Waals surface area contributed by atoms with Crippen LogP contribution in [-0.2, 0) is 21.3 Å². The lowest BCUT2D eigenvalue weighted by Crippen LogP contribution is -2.49. The Morgan fingerprint density at radius 1 is 1.41 bits per heavy atom. The number of morpholine rings is 1. The first-order valence-electron chi connectivity index (χ1n) is 8.41. The number of rotatable bonds is 7. The van der Waals surface area contributed by atoms with Crippen LogP contribution in [-0.4, -0.2) is 75.9 Å². The fourth-order valence-electron chi connectivity index (χ4n) is 2.65. The first-order chi connectivity index (χ1) is 12.6. The Morgan fingerprint density at radius 3 is 2.81 bits per heavy atom. The number of nitrogens with one attached hydrogen (secondary N) is 1. The topological polar surface area (TPSA) is 105 Å². The van der Waals surface area contributed by atoms with E-state index in [1.807, 2.05) is 12.1 Å². The SMILES string of the molecule is CN(CCS(N)(=O)=O)C(=O)NCC1CN(Cc2ccc(Cl)c(Cl)c2)CCO1. The van der Waals surface area contributed by atoms with Crippen molar-refractivity contribution in [2.45, 2.75) is 12.6 Å². The number of ether oxygens (including phenoxy) is 1. The summed E-state index contributed by atoms with van der Waals surface area (Å²) in [6.07, 6.45) is -0.155. The van der Waals surface area contributed by atoms with Gasteiger partial charge < -0.3 is 15.0 Å². The summed E-state index contributed by atoms with van der Waals surface area (Å²) in [5, 5.41) is 8.74. The minimum atomic E-state index is -3.60. The molecule has 0 spiro atoms. The molecule has 8 nitrogen and oxygen atoms in total. The van der Waals surface area contributed by atoms with Crippen LogP contribution in [0.5, 0.6) is 0 Å². The van der Waals surface area contributed by atoms with Crippen molar-refractivity contribution in [1.82, 2.24) is 15.1 Å². The summed E-state index contributed by atoms with van der Waals surface area (Å²) in [7, 11) is -2.09. The van der Waals surface area contributed by atoms with E-state index in [0.717, 1.165) is 12.1 Å². The number of nitrogens with zero attached hydrogens (tertiary/aromatic N) is 2. The number of halogens is 2. The van der Waals surface area contributed by atoms with Crippen LogP contribution >= 0.6 is 23.2 Å². The van der Waals surface area contributed by atoms with Crippen LogP contribution in [0.4, 0.5) is 4.79 Å². The van der Waals surface area contributed by atoms with Gasteiger partial charge in [-0.2, -0.15) is 0 Å². The zero-order valence-corrected chi connectivity index (χ0v) is 17.4. The minimum Gasteiger partial charge on any atom is -0.374 e. The number of amides is 2. The number of benzene rings is 1. The van der Waals surface area contributed by atoms with Crippen molar-refractivity contribution in [3.63, 3.8) is 0 Å². The van der Waals surface area contributed by atoms with Gasteiger partial charge in [-0.25, -0.2) is 18.4 Å². The fraction of sp³-hybridized carbons (Fsp3) is 0.562. The highest BCUT2D eigenvalue weighted by atomic mass is 35.5. The molecule has 3 N–H and O–H groups in total. The molecule has 2 amide bonds. The standard InChI is InChI=1S/C16H24Cl2N4O4S/c1-21(5-7-27(19,24)25)16(23)20-9-13-11-22(4-6-26-13)10-12-2-3-14(17)15(18)8-12/h2-3,8,13H,4-7,9-11H2,1H3,(H,20,23)(H2,19,24,25). The second-order valence-electron chi connectivity index (χ2n) is 6.45. The van der Waals surface area contributed by atoms with Gasteiger partial charge in [-0.15, -0.1) is 0 Å². The molecule has 0 bridgehead atoms. The van der Waals surface area contributed by atoms with Gasteiger partial charge in [-0.1, -0.05) is 29.3 Å². The predicted octanol–water partition coefficient (Wildman–Crippen LogP) is 1.12. The lowest BCUT2D eigenvalue weighted by atomic mass is 10.2. The lowest BCUT2D eigenvalue weighted by molar-refractivity contribution is -0.0290. The number of hydrogen-bond acceptors (Lipinski definition) is 5. The van der Waals surface area contributed by atoms with Gasteiger partial charge >= 0.3 is 6.03 Å². The van der Waals surface area contributed by atoms with E-state index in [2.05, 4.69) is 10.2 Å². The third-order valence-electron chi connectivity index (χ3n) is 4.15. The summed E-state index contributed by atoms with van der Waals surface area (Å²) < 4.78 is 27.6. The Kier molecular flexibility index (Phi) is 8.14. The van der Waals surface area contributed by atoms with Crippen LogP contribution < -0.4 is 10.5 Å². The number of carbonyl (C=O) groups excluding carboxylic acids is 1. The summed E-state index contributed by atoms with van der Waals surface area (Å²) in [6, 6.07) is 5.18. The average Bonchev–Trinajstić information content (AvgIpc) is 2.60. The summed E-state index contributed by atoms with van der Waals surface area (Å²) in [5.74, 6) is -0.283. The monoisotopic (exact) mass is 438 g/mol. The molecule has 0 saturated carbocycles. The molecule has 11 heteroatoms. The van der Waals surface area contributed by atoms with Crippen molar-refractivity contribution >= 4 is 39.3 Å². The number of hydrogen-bond donors (Lipinski definition) is 2. The molecule has 1 aliphatic rings. The third-order valence-corrected chi connectivity index (χ3v) is 5.64. The molecule has 2 rings (SSSR count). The second kappa shape index (κ2) is 9.90. The van der Waals surface area contributed by atoms with E-state index >= 15 is 0 Å². The van der Waals surface area contributed by atoms with Crippen molar-refractivity contribution in [3.8, 4) is 0 Å². The van der Waals surface area contributed by atoms with E-state index in [9.17, 15) is 13.2 Å². The maximum Gasteiger partial charge on any atom is 0.317 e. The van der Waals surface area contributed by atoms with Gasteiger partial charge in [-0.05, 0) is 17.7 Å². The predicted molar refractivity (Wildman–Crippen MR) is 105 cm³/mol. The molecule has 1 aromatic rings. The highest BCUT2D eigenvalue weighted by molar-refractivity contribution is 7.89. The molecule has 1 aromatic carbocycles. The smallest absolute Gasteiger partial charge is 0.317 e. The van der Waals surface area contributed by atoms with E-state index in [-0.39, 0.29) is 24.4 Å². The molecule has 27 heavy (non-hydrogen) atoms. The normalized spacial score (nSPS) is 18.3. The van der Waals surface area contributed by atoms with Crippen LogP contribution in [0.1, 0.15) is 5.56 Å². The van der Waals surface area contributed by atoms with Crippen molar-refractivity contribution < 1.29 is 17.9 Å². The molecule has 1 atom stereocenters. The molecule has 0 aliphatic carbocycles. The second-order valence-corrected chi connectivity index (χ2v) is 9.00. The van der Waals surface area contributed by atoms with Crippen molar-refractivity contribution in [1.29, 1.82) is 0 Å². The molecular weight excluding hydrogens is 415 g/mol. The third kappa shape index (κ3) is 7.81. The van der Waals surface area contributed by atoms with Gasteiger partial charge in [0.15, 0.2) is 0 Å². The van der Waals surface area contributed by atoms with Gasteiger partial charge in [0.25, 0.3) is 0 Å². The van der Waals surface area contributed by atoms with E-state index < -0.39 is 10.0 Å². The lowest BCUT2D eigenvalue weighted by Gasteiger charge is -2.33. The molecule has 1 fully saturated rings. The van der Waals surface area contributed by atoms with Crippen molar-refractivity contribution in [2.24, 2.45) is 5.14 Å². The maximum atomic E-state index is 12.0. The zero-order valence-electron chi connectivity index (χ0n) is 15.0. The molecular formula is C16H24Cl2N4O4S. The Hall–Kier alpha value is -1.10. The Bertz CT molecular complexity index is 763. The quantitative estimate of drug-likeness (QED) is 0.663. The number of urea groups is 1. The number of primary sulfonamides is 1. The summed E-state index contributed by atoms with van der Waals surface area (Å²) in [5.41, 5.74) is 1.05. The molecule has 1 aliphatic heterocycles. The number of sulfonamides is 1. The Balaban J connectivity index is 1.78. The average molecular weight is 439 g/mol. The van der Waals surface area contributed by atoms with Crippen LogP contribution in [0.25, 0.3) is 0 Å². The van der Waals surface area contributed by atoms with E-state index in [1.54, 1.807) is 6.07 Å². The molecule has 1 heterocycles. The fourth-order valence-corrected chi connectivity index (χ4v) is 3.49. The van der Waals surface area contributed by atoms with Gasteiger partial charge in [0, 0.05) is 39.8 Å². The van der Waals surface area contributed by atoms with Crippen LogP contribution in [0.3, 0.4) is 0 Å². The van der Waals surface area contributed by atoms with Crippen LogP contribution in [0.15, 0.2) is 18.2 Å². The first-order valence-corrected chi connectivity index (χ1v) is 10.9. The molecule has 0 aromatic heterocycles. The van der Waals surface area contributed by atoms with Gasteiger partial charge in [0.05, 0.1) is 28.5 Å². The molecule has 1 saturated heterocycles. The highest BCUT2D eigenvalue weighted by Gasteiger charge is 2.22. The van der Waals surface area contributed by atoms with E-state index in [4.69, 9.17) is 33.1 Å². The van der Waals surface area contributed by atoms with Gasteiger partial charge in [0.2, 0.25) is 10.0 Å². The van der Waals surface area contributed by atoms with Gasteiger partial charge in [-0.3, -0.25) is 4.90 Å². The Morgan fingerprint density at radius 2 is 2.15 bits per heavy atom. The molecule has 0 radical (unpaired) electrons. The minimum absolute atomic E-state index is 0.0274. The molecule has 1 unspecified atom stereocenters. The first kappa shape index (κ1) is 22.2. The summed E-state index contributed by atoms with van der Waals surface area (Å²) >= 11 is 12.0. The van der Waals surface area contributed by atoms with Crippen LogP contribution in [0, 0.1) is 0 Å². The van der Waals surface area contributed by atoms with Gasteiger partial charge in [0.1, 0.15) is 0 Å². The zero-order chi connectivity index (χ0) is 20.0.